The number of nitrogens with one attached hydrogen (secondary N) is 2. The first-order chi connectivity index (χ1) is 13.8. The topological polar surface area (TPSA) is 62.0 Å². The molecule has 2 heterocycles. The van der Waals surface area contributed by atoms with Gasteiger partial charge in [0.25, 0.3) is 0 Å². The fraction of sp³-hybridized carbons (Fsp3) is 0.500. The van der Waals surface area contributed by atoms with Crippen LogP contribution >= 0.6 is 0 Å². The molecule has 6 heteroatoms. The van der Waals surface area contributed by atoms with Gasteiger partial charge in [0.1, 0.15) is 11.5 Å². The zero-order valence-electron chi connectivity index (χ0n) is 17.0. The molecule has 2 N–H and O–H groups in total. The summed E-state index contributed by atoms with van der Waals surface area (Å²) in [5.41, 5.74) is 1.23. The summed E-state index contributed by atoms with van der Waals surface area (Å²) < 4.78 is 11.0. The largest absolute Gasteiger partial charge is 0.496 e. The van der Waals surface area contributed by atoms with Crippen LogP contribution in [0.4, 0.5) is 0 Å². The van der Waals surface area contributed by atoms with Crippen LogP contribution in [0.15, 0.2) is 52.1 Å². The van der Waals surface area contributed by atoms with Gasteiger partial charge in [0.2, 0.25) is 0 Å². The van der Waals surface area contributed by atoms with Crippen molar-refractivity contribution in [2.24, 2.45) is 4.99 Å². The van der Waals surface area contributed by atoms with Crippen LogP contribution in [0.3, 0.4) is 0 Å². The minimum atomic E-state index is 0.250. The molecule has 0 saturated carbocycles. The van der Waals surface area contributed by atoms with E-state index in [-0.39, 0.29) is 6.04 Å². The molecule has 3 rings (SSSR count). The Labute approximate surface area is 168 Å². The van der Waals surface area contributed by atoms with Gasteiger partial charge >= 0.3 is 0 Å². The number of ether oxygens (including phenoxy) is 1. The van der Waals surface area contributed by atoms with Crippen LogP contribution in [0.2, 0.25) is 0 Å². The summed E-state index contributed by atoms with van der Waals surface area (Å²) in [5, 5.41) is 6.88. The van der Waals surface area contributed by atoms with Gasteiger partial charge in [-0.2, -0.15) is 0 Å². The number of hydrogen-bond donors (Lipinski definition) is 2. The molecule has 1 aliphatic rings. The summed E-state index contributed by atoms with van der Waals surface area (Å²) in [5.74, 6) is 2.73. The van der Waals surface area contributed by atoms with Gasteiger partial charge < -0.3 is 19.8 Å². The Bertz CT molecular complexity index is 724. The first-order valence-electron chi connectivity index (χ1n) is 10.2. The van der Waals surface area contributed by atoms with Crippen LogP contribution < -0.4 is 15.4 Å². The smallest absolute Gasteiger partial charge is 0.191 e. The van der Waals surface area contributed by atoms with Crippen molar-refractivity contribution in [3.05, 3.63) is 54.0 Å². The lowest BCUT2D eigenvalue weighted by atomic mass is 10.0. The highest BCUT2D eigenvalue weighted by atomic mass is 16.5. The first-order valence-corrected chi connectivity index (χ1v) is 10.2. The second-order valence-corrected chi connectivity index (χ2v) is 7.06. The molecule has 0 bridgehead atoms. The molecule has 1 fully saturated rings. The summed E-state index contributed by atoms with van der Waals surface area (Å²) in [7, 11) is 3.55. The third kappa shape index (κ3) is 5.52. The Morgan fingerprint density at radius 3 is 2.68 bits per heavy atom. The molecule has 1 aromatic heterocycles. The van der Waals surface area contributed by atoms with E-state index in [4.69, 9.17) is 9.15 Å². The van der Waals surface area contributed by atoms with Crippen molar-refractivity contribution in [1.29, 1.82) is 0 Å². The molecule has 1 atom stereocenters. The Hall–Kier alpha value is -2.47. The molecule has 1 saturated heterocycles. The molecule has 6 nitrogen and oxygen atoms in total. The summed E-state index contributed by atoms with van der Waals surface area (Å²) in [6.45, 7) is 3.79. The van der Waals surface area contributed by atoms with Gasteiger partial charge in [0, 0.05) is 32.1 Å². The molecule has 28 heavy (non-hydrogen) atoms. The molecule has 0 aliphatic carbocycles. The van der Waals surface area contributed by atoms with Crippen molar-refractivity contribution in [1.82, 2.24) is 15.5 Å². The zero-order chi connectivity index (χ0) is 19.6. The van der Waals surface area contributed by atoms with Gasteiger partial charge in [-0.3, -0.25) is 9.89 Å². The lowest BCUT2D eigenvalue weighted by Gasteiger charge is -2.35. The number of guanidine groups is 1. The Kier molecular flexibility index (Phi) is 7.79. The molecule has 0 spiro atoms. The van der Waals surface area contributed by atoms with Gasteiger partial charge in [-0.1, -0.05) is 24.6 Å². The fourth-order valence-corrected chi connectivity index (χ4v) is 3.78. The van der Waals surface area contributed by atoms with Crippen LogP contribution in [-0.2, 0) is 6.42 Å². The highest BCUT2D eigenvalue weighted by molar-refractivity contribution is 5.79. The summed E-state index contributed by atoms with van der Waals surface area (Å²) in [4.78, 5) is 6.93. The number of piperidine rings is 1. The third-order valence-corrected chi connectivity index (χ3v) is 5.26. The van der Waals surface area contributed by atoms with Crippen molar-refractivity contribution in [3.63, 3.8) is 0 Å². The van der Waals surface area contributed by atoms with Gasteiger partial charge in [0.05, 0.1) is 19.4 Å². The highest BCUT2D eigenvalue weighted by Gasteiger charge is 2.25. The average molecular weight is 385 g/mol. The van der Waals surface area contributed by atoms with E-state index >= 15 is 0 Å². The molecular formula is C22H32N4O2. The zero-order valence-corrected chi connectivity index (χ0v) is 17.0. The SMILES string of the molecule is CN=C(NCCc1ccco1)NCC(c1ccccc1OC)N1CCCCC1. The van der Waals surface area contributed by atoms with E-state index in [0.717, 1.165) is 50.1 Å². The molecule has 1 aliphatic heterocycles. The van der Waals surface area contributed by atoms with Crippen molar-refractivity contribution < 1.29 is 9.15 Å². The monoisotopic (exact) mass is 384 g/mol. The predicted molar refractivity (Wildman–Crippen MR) is 113 cm³/mol. The van der Waals surface area contributed by atoms with Crippen LogP contribution in [0, 0.1) is 0 Å². The number of para-hydroxylation sites is 1. The maximum atomic E-state index is 5.65. The van der Waals surface area contributed by atoms with E-state index in [1.165, 1.54) is 24.8 Å². The summed E-state index contributed by atoms with van der Waals surface area (Å²) in [6.07, 6.45) is 6.36. The highest BCUT2D eigenvalue weighted by Crippen LogP contribution is 2.30. The van der Waals surface area contributed by atoms with Crippen LogP contribution in [0.25, 0.3) is 0 Å². The molecule has 1 unspecified atom stereocenters. The van der Waals surface area contributed by atoms with Crippen molar-refractivity contribution >= 4 is 5.96 Å². The van der Waals surface area contributed by atoms with E-state index in [1.54, 1.807) is 20.4 Å². The quantitative estimate of drug-likeness (QED) is 0.540. The first kappa shape index (κ1) is 20.3. The number of likely N-dealkylation sites (tertiary alicyclic amines) is 1. The van der Waals surface area contributed by atoms with E-state index in [2.05, 4.69) is 32.7 Å². The summed E-state index contributed by atoms with van der Waals surface area (Å²) >= 11 is 0. The van der Waals surface area contributed by atoms with Crippen LogP contribution in [0.1, 0.15) is 36.6 Å². The van der Waals surface area contributed by atoms with Gasteiger partial charge in [-0.05, 0) is 44.1 Å². The van der Waals surface area contributed by atoms with Crippen molar-refractivity contribution in [2.75, 3.05) is 40.3 Å². The van der Waals surface area contributed by atoms with Crippen molar-refractivity contribution in [3.8, 4) is 5.75 Å². The standard InChI is InChI=1S/C22H32N4O2/c1-23-22(24-13-12-18-9-8-16-28-18)25-17-20(26-14-6-3-7-15-26)19-10-4-5-11-21(19)27-2/h4-5,8-11,16,20H,3,6-7,12-15,17H2,1-2H3,(H2,23,24,25). The average Bonchev–Trinajstić information content (AvgIpc) is 3.27. The van der Waals surface area contributed by atoms with Crippen molar-refractivity contribution in [2.45, 2.75) is 31.7 Å². The second-order valence-electron chi connectivity index (χ2n) is 7.06. The van der Waals surface area contributed by atoms with Crippen LogP contribution in [0.5, 0.6) is 5.75 Å². The van der Waals surface area contributed by atoms with E-state index in [0.29, 0.717) is 0 Å². The van der Waals surface area contributed by atoms with E-state index < -0.39 is 0 Å². The maximum absolute atomic E-state index is 5.65. The van der Waals surface area contributed by atoms with Crippen LogP contribution in [-0.4, -0.2) is 51.2 Å². The molecule has 0 radical (unpaired) electrons. The minimum absolute atomic E-state index is 0.250. The molecular weight excluding hydrogens is 352 g/mol. The Morgan fingerprint density at radius 1 is 1.14 bits per heavy atom. The number of nitrogens with zero attached hydrogens (tertiary/aromatic N) is 2. The van der Waals surface area contributed by atoms with E-state index in [1.807, 2.05) is 24.3 Å². The number of furan rings is 1. The Morgan fingerprint density at radius 2 is 1.96 bits per heavy atom. The van der Waals surface area contributed by atoms with Gasteiger partial charge in [-0.15, -0.1) is 0 Å². The fourth-order valence-electron chi connectivity index (χ4n) is 3.78. The lowest BCUT2D eigenvalue weighted by Crippen LogP contribution is -2.45. The maximum Gasteiger partial charge on any atom is 0.191 e. The normalized spacial score (nSPS) is 16.6. The Balaban J connectivity index is 1.63. The second kappa shape index (κ2) is 10.8. The molecule has 152 valence electrons. The molecule has 2 aromatic rings. The summed E-state index contributed by atoms with van der Waals surface area (Å²) in [6, 6.07) is 12.5. The predicted octanol–water partition coefficient (Wildman–Crippen LogP) is 3.22. The lowest BCUT2D eigenvalue weighted by molar-refractivity contribution is 0.161. The molecule has 0 amide bonds. The van der Waals surface area contributed by atoms with E-state index in [9.17, 15) is 0 Å². The van der Waals surface area contributed by atoms with Gasteiger partial charge in [-0.25, -0.2) is 0 Å². The number of methoxy groups -OCH3 is 1. The third-order valence-electron chi connectivity index (χ3n) is 5.26. The molecule has 1 aromatic carbocycles. The number of hydrogen-bond acceptors (Lipinski definition) is 4. The number of benzene rings is 1. The number of rotatable bonds is 8. The minimum Gasteiger partial charge on any atom is -0.496 e. The van der Waals surface area contributed by atoms with Gasteiger partial charge in [0.15, 0.2) is 5.96 Å². The number of aliphatic imine (C=N–C) groups is 1.